The lowest BCUT2D eigenvalue weighted by Crippen LogP contribution is -2.41. The van der Waals surface area contributed by atoms with Gasteiger partial charge in [-0.15, -0.1) is 0 Å². The van der Waals surface area contributed by atoms with Crippen LogP contribution in [0.15, 0.2) is 24.4 Å². The van der Waals surface area contributed by atoms with E-state index >= 15 is 0 Å². The summed E-state index contributed by atoms with van der Waals surface area (Å²) in [4.78, 5) is 8.39. The lowest BCUT2D eigenvalue weighted by atomic mass is 9.96. The van der Waals surface area contributed by atoms with E-state index in [9.17, 15) is 18.3 Å². The smallest absolute Gasteiger partial charge is 0.266 e. The maximum Gasteiger partial charge on any atom is 0.266 e. The average Bonchev–Trinajstić information content (AvgIpc) is 2.68. The van der Waals surface area contributed by atoms with Crippen LogP contribution in [0.1, 0.15) is 49.2 Å². The minimum absolute atomic E-state index is 0.0288. The van der Waals surface area contributed by atoms with Crippen LogP contribution in [0.2, 0.25) is 0 Å². The van der Waals surface area contributed by atoms with Crippen molar-refractivity contribution in [2.24, 2.45) is 0 Å². The number of nitrogens with zero attached hydrogens (tertiary/aromatic N) is 2. The summed E-state index contributed by atoms with van der Waals surface area (Å²) >= 11 is 0. The topological polar surface area (TPSA) is 76.5 Å². The number of aromatic nitrogens is 2. The fraction of sp³-hybridized carbons (Fsp3) is 0.500. The molecule has 0 saturated carbocycles. The van der Waals surface area contributed by atoms with Crippen molar-refractivity contribution in [2.75, 3.05) is 25.1 Å². The molecular formula is C20H24F3N3O3. The van der Waals surface area contributed by atoms with Crippen LogP contribution in [0.25, 0.3) is 0 Å². The number of hydrogen-bond acceptors (Lipinski definition) is 6. The van der Waals surface area contributed by atoms with E-state index in [1.807, 2.05) is 0 Å². The molecule has 29 heavy (non-hydrogen) atoms. The van der Waals surface area contributed by atoms with E-state index in [-0.39, 0.29) is 17.9 Å². The number of alkyl halides is 2. The first kappa shape index (κ1) is 21.3. The highest BCUT2D eigenvalue weighted by Crippen LogP contribution is 2.31. The second kappa shape index (κ2) is 8.96. The van der Waals surface area contributed by atoms with Gasteiger partial charge in [0.2, 0.25) is 0 Å². The summed E-state index contributed by atoms with van der Waals surface area (Å²) in [5.74, 6) is 0.0844. The van der Waals surface area contributed by atoms with Crippen molar-refractivity contribution in [3.63, 3.8) is 0 Å². The molecule has 0 amide bonds. The molecule has 1 aromatic heterocycles. The van der Waals surface area contributed by atoms with Crippen molar-refractivity contribution in [1.82, 2.24) is 9.97 Å². The highest BCUT2D eigenvalue weighted by molar-refractivity contribution is 5.50. The Morgan fingerprint density at radius 1 is 1.28 bits per heavy atom. The Bertz CT molecular complexity index is 845. The molecule has 0 unspecified atom stereocenters. The lowest BCUT2D eigenvalue weighted by Gasteiger charge is -2.31. The molecule has 1 atom stereocenters. The van der Waals surface area contributed by atoms with Gasteiger partial charge in [-0.1, -0.05) is 18.2 Å². The third-order valence-corrected chi connectivity index (χ3v) is 4.91. The van der Waals surface area contributed by atoms with Gasteiger partial charge < -0.3 is 19.9 Å². The number of hydrogen-bond donors (Lipinski definition) is 2. The fourth-order valence-corrected chi connectivity index (χ4v) is 3.13. The van der Waals surface area contributed by atoms with Crippen LogP contribution in [-0.4, -0.2) is 40.5 Å². The minimum atomic E-state index is -2.90. The molecule has 6 nitrogen and oxygen atoms in total. The molecule has 2 heterocycles. The van der Waals surface area contributed by atoms with Gasteiger partial charge in [-0.3, -0.25) is 0 Å². The second-order valence-electron chi connectivity index (χ2n) is 7.17. The zero-order chi connectivity index (χ0) is 21.0. The van der Waals surface area contributed by atoms with E-state index in [1.165, 1.54) is 18.3 Å². The van der Waals surface area contributed by atoms with Crippen molar-refractivity contribution < 1.29 is 27.8 Å². The summed E-state index contributed by atoms with van der Waals surface area (Å²) in [5, 5.41) is 13.6. The summed E-state index contributed by atoms with van der Waals surface area (Å²) in [6.45, 7) is 4.25. The standard InChI is InChI=1S/C20H24F3N3O3/c1-12(14-4-3-5-15(17(14)21)18(22)23)25-19-16(10-24-13(2)26-19)29-11-20(27)6-8-28-9-7-20/h3-5,10,12,18,27H,6-9,11H2,1-2H3,(H,24,25,26)/t12-/m1/s1. The summed E-state index contributed by atoms with van der Waals surface area (Å²) < 4.78 is 51.5. The number of aryl methyl sites for hydroxylation is 1. The predicted octanol–water partition coefficient (Wildman–Crippen LogP) is 3.96. The van der Waals surface area contributed by atoms with Gasteiger partial charge in [0.15, 0.2) is 11.6 Å². The monoisotopic (exact) mass is 411 g/mol. The lowest BCUT2D eigenvalue weighted by molar-refractivity contribution is -0.0855. The first-order chi connectivity index (χ1) is 13.8. The first-order valence-corrected chi connectivity index (χ1v) is 9.38. The van der Waals surface area contributed by atoms with Gasteiger partial charge in [-0.2, -0.15) is 0 Å². The highest BCUT2D eigenvalue weighted by atomic mass is 19.3. The Morgan fingerprint density at radius 2 is 1.97 bits per heavy atom. The van der Waals surface area contributed by atoms with E-state index in [0.29, 0.717) is 37.7 Å². The fourth-order valence-electron chi connectivity index (χ4n) is 3.13. The van der Waals surface area contributed by atoms with Gasteiger partial charge in [0.05, 0.1) is 17.8 Å². The van der Waals surface area contributed by atoms with Gasteiger partial charge in [-0.05, 0) is 13.8 Å². The number of anilines is 1. The summed E-state index contributed by atoms with van der Waals surface area (Å²) in [7, 11) is 0. The Balaban J connectivity index is 1.78. The van der Waals surface area contributed by atoms with Crippen LogP contribution in [-0.2, 0) is 4.74 Å². The van der Waals surface area contributed by atoms with Gasteiger partial charge in [0.1, 0.15) is 23.8 Å². The molecule has 2 N–H and O–H groups in total. The zero-order valence-electron chi connectivity index (χ0n) is 16.3. The van der Waals surface area contributed by atoms with Crippen molar-refractivity contribution in [3.8, 4) is 5.75 Å². The number of ether oxygens (including phenoxy) is 2. The van der Waals surface area contributed by atoms with Crippen LogP contribution < -0.4 is 10.1 Å². The normalized spacial score (nSPS) is 17.2. The van der Waals surface area contributed by atoms with E-state index < -0.39 is 29.4 Å². The molecular weight excluding hydrogens is 387 g/mol. The van der Waals surface area contributed by atoms with Crippen LogP contribution in [0.3, 0.4) is 0 Å². The molecule has 0 bridgehead atoms. The Labute approximate surface area is 167 Å². The Morgan fingerprint density at radius 3 is 2.66 bits per heavy atom. The van der Waals surface area contributed by atoms with E-state index in [0.717, 1.165) is 6.07 Å². The van der Waals surface area contributed by atoms with Gasteiger partial charge >= 0.3 is 0 Å². The van der Waals surface area contributed by atoms with Crippen molar-refractivity contribution >= 4 is 5.82 Å². The maximum atomic E-state index is 14.5. The van der Waals surface area contributed by atoms with Gasteiger partial charge in [0.25, 0.3) is 6.43 Å². The summed E-state index contributed by atoms with van der Waals surface area (Å²) in [6.07, 6.45) is -0.538. The van der Waals surface area contributed by atoms with Crippen molar-refractivity contribution in [2.45, 2.75) is 44.8 Å². The third kappa shape index (κ3) is 5.16. The largest absolute Gasteiger partial charge is 0.485 e. The average molecular weight is 411 g/mol. The molecule has 0 radical (unpaired) electrons. The van der Waals surface area contributed by atoms with E-state index in [2.05, 4.69) is 15.3 Å². The third-order valence-electron chi connectivity index (χ3n) is 4.91. The van der Waals surface area contributed by atoms with Crippen LogP contribution >= 0.6 is 0 Å². The zero-order valence-corrected chi connectivity index (χ0v) is 16.3. The SMILES string of the molecule is Cc1ncc(OCC2(O)CCOCC2)c(N[C@H](C)c2cccc(C(F)F)c2F)n1. The molecule has 1 aliphatic rings. The number of halogens is 3. The maximum absolute atomic E-state index is 14.5. The first-order valence-electron chi connectivity index (χ1n) is 9.38. The van der Waals surface area contributed by atoms with E-state index in [1.54, 1.807) is 13.8 Å². The number of benzene rings is 1. The molecule has 0 aliphatic carbocycles. The number of rotatable bonds is 7. The Kier molecular flexibility index (Phi) is 6.59. The van der Waals surface area contributed by atoms with Gasteiger partial charge in [0, 0.05) is 31.6 Å². The van der Waals surface area contributed by atoms with Crippen LogP contribution in [0, 0.1) is 12.7 Å². The molecule has 158 valence electrons. The number of aliphatic hydroxyl groups is 1. The molecule has 1 fully saturated rings. The predicted molar refractivity (Wildman–Crippen MR) is 101 cm³/mol. The van der Waals surface area contributed by atoms with E-state index in [4.69, 9.17) is 9.47 Å². The highest BCUT2D eigenvalue weighted by Gasteiger charge is 2.31. The van der Waals surface area contributed by atoms with Crippen LogP contribution in [0.5, 0.6) is 5.75 Å². The Hall–Kier alpha value is -2.39. The molecule has 0 spiro atoms. The summed E-state index contributed by atoms with van der Waals surface area (Å²) in [6, 6.07) is 3.24. The quantitative estimate of drug-likeness (QED) is 0.718. The van der Waals surface area contributed by atoms with Crippen molar-refractivity contribution in [3.05, 3.63) is 47.2 Å². The molecule has 1 saturated heterocycles. The van der Waals surface area contributed by atoms with Crippen LogP contribution in [0.4, 0.5) is 19.0 Å². The number of nitrogens with one attached hydrogen (secondary N) is 1. The molecule has 1 aromatic carbocycles. The molecule has 1 aliphatic heterocycles. The molecule has 3 rings (SSSR count). The minimum Gasteiger partial charge on any atom is -0.485 e. The van der Waals surface area contributed by atoms with Gasteiger partial charge in [-0.25, -0.2) is 23.1 Å². The second-order valence-corrected chi connectivity index (χ2v) is 7.17. The molecule has 2 aromatic rings. The molecule has 9 heteroatoms. The van der Waals surface area contributed by atoms with Crippen molar-refractivity contribution in [1.29, 1.82) is 0 Å². The summed E-state index contributed by atoms with van der Waals surface area (Å²) in [5.41, 5.74) is -1.56.